The predicted molar refractivity (Wildman–Crippen MR) is 153 cm³/mol. The minimum atomic E-state index is -0.954. The average Bonchev–Trinajstić information content (AvgIpc) is 3.28. The van der Waals surface area contributed by atoms with Crippen molar-refractivity contribution in [2.45, 2.75) is 104 Å². The second kappa shape index (κ2) is 16.0. The van der Waals surface area contributed by atoms with E-state index < -0.39 is 12.1 Å². The molecule has 0 saturated carbocycles. The molecule has 3 aromatic rings. The summed E-state index contributed by atoms with van der Waals surface area (Å²) < 4.78 is 8.25. The van der Waals surface area contributed by atoms with Crippen LogP contribution in [-0.2, 0) is 17.8 Å². The maximum atomic E-state index is 11.8. The summed E-state index contributed by atoms with van der Waals surface area (Å²) in [6.45, 7) is 5.47. The Kier molecular flexibility index (Phi) is 12.3. The lowest BCUT2D eigenvalue weighted by atomic mass is 10.1. The van der Waals surface area contributed by atoms with Crippen LogP contribution in [0, 0.1) is 6.92 Å². The molecule has 1 heterocycles. The van der Waals surface area contributed by atoms with Gasteiger partial charge in [0.25, 0.3) is 0 Å². The van der Waals surface area contributed by atoms with Gasteiger partial charge in [-0.1, -0.05) is 101 Å². The maximum absolute atomic E-state index is 11.8. The monoisotopic (exact) mass is 503 g/mol. The topological polar surface area (TPSA) is 51.5 Å². The van der Waals surface area contributed by atoms with Gasteiger partial charge in [0.2, 0.25) is 0 Å². The van der Waals surface area contributed by atoms with E-state index in [4.69, 9.17) is 4.74 Å². The van der Waals surface area contributed by atoms with Crippen molar-refractivity contribution in [2.24, 2.45) is 0 Å². The number of hydrogen-bond acceptors (Lipinski definition) is 2. The molecule has 3 rings (SSSR count). The highest BCUT2D eigenvalue weighted by atomic mass is 16.5. The zero-order chi connectivity index (χ0) is 26.3. The lowest BCUT2D eigenvalue weighted by Gasteiger charge is -2.16. The number of carboxylic acids is 1. The van der Waals surface area contributed by atoms with Crippen molar-refractivity contribution in [3.8, 4) is 17.0 Å². The molecule has 0 aliphatic heterocycles. The summed E-state index contributed by atoms with van der Waals surface area (Å²) in [6.07, 6.45) is 14.3. The highest BCUT2D eigenvalue weighted by Gasteiger charge is 2.20. The fourth-order valence-corrected chi connectivity index (χ4v) is 4.93. The summed E-state index contributed by atoms with van der Waals surface area (Å²) in [4.78, 5) is 11.8. The third kappa shape index (κ3) is 9.76. The van der Waals surface area contributed by atoms with E-state index in [1.807, 2.05) is 54.6 Å². The molecule has 4 heteroatoms. The van der Waals surface area contributed by atoms with Crippen LogP contribution in [0.5, 0.6) is 5.75 Å². The fourth-order valence-electron chi connectivity index (χ4n) is 4.93. The Bertz CT molecular complexity index is 1040. The molecule has 4 nitrogen and oxygen atoms in total. The van der Waals surface area contributed by atoms with Gasteiger partial charge in [-0.2, -0.15) is 0 Å². The number of ether oxygens (including phenoxy) is 1. The molecule has 37 heavy (non-hydrogen) atoms. The second-order valence-electron chi connectivity index (χ2n) is 10.2. The molecular weight excluding hydrogens is 458 g/mol. The maximum Gasteiger partial charge on any atom is 0.345 e. The van der Waals surface area contributed by atoms with Crippen LogP contribution >= 0.6 is 0 Å². The van der Waals surface area contributed by atoms with Crippen molar-refractivity contribution in [3.05, 3.63) is 78.0 Å². The van der Waals surface area contributed by atoms with E-state index in [9.17, 15) is 9.90 Å². The molecule has 0 amide bonds. The van der Waals surface area contributed by atoms with Gasteiger partial charge < -0.3 is 14.4 Å². The van der Waals surface area contributed by atoms with E-state index >= 15 is 0 Å². The molecule has 0 unspecified atom stereocenters. The van der Waals surface area contributed by atoms with Crippen LogP contribution in [-0.4, -0.2) is 21.7 Å². The molecule has 0 aliphatic carbocycles. The molecule has 200 valence electrons. The molecule has 0 aliphatic rings. The van der Waals surface area contributed by atoms with Crippen LogP contribution < -0.4 is 4.74 Å². The number of aliphatic carboxylic acids is 1. The zero-order valence-corrected chi connectivity index (χ0v) is 22.8. The van der Waals surface area contributed by atoms with Gasteiger partial charge in [-0.3, -0.25) is 0 Å². The summed E-state index contributed by atoms with van der Waals surface area (Å²) in [6, 6.07) is 21.8. The third-order valence-corrected chi connectivity index (χ3v) is 7.15. The first-order valence-corrected chi connectivity index (χ1v) is 14.3. The lowest BCUT2D eigenvalue weighted by Crippen LogP contribution is -2.29. The first kappa shape index (κ1) is 28.6. The predicted octanol–water partition coefficient (Wildman–Crippen LogP) is 8.85. The van der Waals surface area contributed by atoms with Crippen molar-refractivity contribution >= 4 is 5.97 Å². The van der Waals surface area contributed by atoms with Crippen LogP contribution in [0.3, 0.4) is 0 Å². The number of carbonyl (C=O) groups is 1. The Morgan fingerprint density at radius 3 is 1.97 bits per heavy atom. The first-order valence-electron chi connectivity index (χ1n) is 14.3. The Morgan fingerprint density at radius 2 is 1.38 bits per heavy atom. The molecule has 1 aromatic heterocycles. The molecule has 1 atom stereocenters. The minimum Gasteiger partial charge on any atom is -0.478 e. The fraction of sp³-hybridized carbons (Fsp3) is 0.485. The van der Waals surface area contributed by atoms with Crippen LogP contribution in [0.25, 0.3) is 11.3 Å². The number of benzene rings is 2. The van der Waals surface area contributed by atoms with Crippen LogP contribution in [0.15, 0.2) is 66.7 Å². The molecule has 0 saturated heterocycles. The summed E-state index contributed by atoms with van der Waals surface area (Å²) in [5, 5.41) is 9.64. The van der Waals surface area contributed by atoms with Crippen LogP contribution in [0.4, 0.5) is 0 Å². The van der Waals surface area contributed by atoms with Crippen LogP contribution in [0.1, 0.15) is 88.8 Å². The first-order chi connectivity index (χ1) is 18.1. The van der Waals surface area contributed by atoms with Crippen molar-refractivity contribution in [1.82, 2.24) is 4.57 Å². The molecule has 2 aromatic carbocycles. The largest absolute Gasteiger partial charge is 0.478 e. The molecule has 0 fully saturated rings. The number of carboxylic acid groups (broad SMARTS) is 1. The van der Waals surface area contributed by atoms with E-state index in [0.717, 1.165) is 17.7 Å². The quantitative estimate of drug-likeness (QED) is 0.176. The van der Waals surface area contributed by atoms with Gasteiger partial charge in [0, 0.05) is 24.4 Å². The SMILES string of the molecule is CCCCCCCCCCCCCn1c(C)ccc1-c1ccc(O[C@H](Cc2ccccc2)C(=O)O)cc1. The number of hydrogen-bond donors (Lipinski definition) is 1. The van der Waals surface area contributed by atoms with Crippen molar-refractivity contribution in [2.75, 3.05) is 0 Å². The Morgan fingerprint density at radius 1 is 0.784 bits per heavy atom. The summed E-state index contributed by atoms with van der Waals surface area (Å²) >= 11 is 0. The van der Waals surface area contributed by atoms with Gasteiger partial charge in [0.05, 0.1) is 0 Å². The van der Waals surface area contributed by atoms with Crippen LogP contribution in [0.2, 0.25) is 0 Å². The molecule has 1 N–H and O–H groups in total. The van der Waals surface area contributed by atoms with E-state index in [1.54, 1.807) is 0 Å². The zero-order valence-electron chi connectivity index (χ0n) is 22.8. The third-order valence-electron chi connectivity index (χ3n) is 7.15. The minimum absolute atomic E-state index is 0.332. The Labute approximate surface area is 223 Å². The van der Waals surface area contributed by atoms with Crippen molar-refractivity contribution < 1.29 is 14.6 Å². The number of unbranched alkanes of at least 4 members (excludes halogenated alkanes) is 10. The summed E-state index contributed by atoms with van der Waals surface area (Å²) in [5.74, 6) is -0.378. The molecular formula is C33H45NO3. The average molecular weight is 504 g/mol. The van der Waals surface area contributed by atoms with Gasteiger partial charge in [-0.25, -0.2) is 4.79 Å². The van der Waals surface area contributed by atoms with Gasteiger partial charge in [0.1, 0.15) is 5.75 Å². The van der Waals surface area contributed by atoms with E-state index in [0.29, 0.717) is 12.2 Å². The van der Waals surface area contributed by atoms with Crippen molar-refractivity contribution in [1.29, 1.82) is 0 Å². The molecule has 0 spiro atoms. The Balaban J connectivity index is 1.46. The molecule has 0 bridgehead atoms. The number of aromatic nitrogens is 1. The van der Waals surface area contributed by atoms with Gasteiger partial charge in [-0.15, -0.1) is 0 Å². The van der Waals surface area contributed by atoms with Crippen molar-refractivity contribution in [3.63, 3.8) is 0 Å². The van der Waals surface area contributed by atoms with Gasteiger partial charge in [0.15, 0.2) is 6.10 Å². The van der Waals surface area contributed by atoms with E-state index in [-0.39, 0.29) is 0 Å². The standard InChI is InChI=1S/C33H45NO3/c1-3-4-5-6-7-8-9-10-11-12-16-25-34-27(2)19-24-31(34)29-20-22-30(23-21-29)37-32(33(35)36)26-28-17-14-13-15-18-28/h13-15,17-24,32H,3-12,16,25-26H2,1-2H3,(H,35,36)/t32-/m1/s1. The summed E-state index contributed by atoms with van der Waals surface area (Å²) in [5.41, 5.74) is 4.55. The lowest BCUT2D eigenvalue weighted by molar-refractivity contribution is -0.145. The highest BCUT2D eigenvalue weighted by Crippen LogP contribution is 2.26. The van der Waals surface area contributed by atoms with Gasteiger partial charge >= 0.3 is 5.97 Å². The number of nitrogens with zero attached hydrogens (tertiary/aromatic N) is 1. The van der Waals surface area contributed by atoms with E-state index in [1.165, 1.54) is 82.0 Å². The van der Waals surface area contributed by atoms with Gasteiger partial charge in [-0.05, 0) is 60.9 Å². The second-order valence-corrected chi connectivity index (χ2v) is 10.2. The highest BCUT2D eigenvalue weighted by molar-refractivity contribution is 5.73. The Hall–Kier alpha value is -3.01. The number of aryl methyl sites for hydroxylation is 1. The summed E-state index contributed by atoms with van der Waals surface area (Å²) in [7, 11) is 0. The molecule has 0 radical (unpaired) electrons. The normalized spacial score (nSPS) is 11.9. The smallest absolute Gasteiger partial charge is 0.345 e. The van der Waals surface area contributed by atoms with E-state index in [2.05, 4.69) is 30.5 Å². The number of rotatable bonds is 18.